The quantitative estimate of drug-likeness (QED) is 0.665. The number of aromatic hydroxyl groups is 1. The molecule has 0 aliphatic heterocycles. The van der Waals surface area contributed by atoms with Gasteiger partial charge in [-0.2, -0.15) is 0 Å². The van der Waals surface area contributed by atoms with Crippen molar-refractivity contribution in [3.05, 3.63) is 42.5 Å². The number of hydrogen-bond donors (Lipinski definition) is 1. The van der Waals surface area contributed by atoms with E-state index in [0.29, 0.717) is 5.75 Å². The van der Waals surface area contributed by atoms with Crippen molar-refractivity contribution >= 4 is 0 Å². The van der Waals surface area contributed by atoms with E-state index < -0.39 is 0 Å². The van der Waals surface area contributed by atoms with Crippen molar-refractivity contribution in [3.8, 4) is 5.75 Å². The van der Waals surface area contributed by atoms with E-state index in [1.54, 1.807) is 18.2 Å². The molecule has 1 N–H and O–H groups in total. The summed E-state index contributed by atoms with van der Waals surface area (Å²) in [6.45, 7) is 11.3. The zero-order valence-electron chi connectivity index (χ0n) is 9.75. The van der Waals surface area contributed by atoms with E-state index >= 15 is 0 Å². The lowest BCUT2D eigenvalue weighted by Crippen LogP contribution is -1.75. The average molecular weight is 194 g/mol. The number of phenolic OH excluding ortho intramolecular Hbond substituents is 1. The van der Waals surface area contributed by atoms with Crippen molar-refractivity contribution in [1.82, 2.24) is 0 Å². The molecule has 0 aromatic heterocycles. The summed E-state index contributed by atoms with van der Waals surface area (Å²) in [5, 5.41) is 8.85. The minimum absolute atomic E-state index is 0.340. The van der Waals surface area contributed by atoms with Gasteiger partial charge in [-0.15, -0.1) is 6.58 Å². The van der Waals surface area contributed by atoms with Crippen LogP contribution in [0.25, 0.3) is 0 Å². The van der Waals surface area contributed by atoms with Crippen molar-refractivity contribution in [3.63, 3.8) is 0 Å². The van der Waals surface area contributed by atoms with Gasteiger partial charge in [0.05, 0.1) is 0 Å². The Morgan fingerprint density at radius 1 is 1.21 bits per heavy atom. The average Bonchev–Trinajstić information content (AvgIpc) is 2.23. The summed E-state index contributed by atoms with van der Waals surface area (Å²) in [5.74, 6) is 0.340. The first-order valence-electron chi connectivity index (χ1n) is 5.09. The van der Waals surface area contributed by atoms with E-state index in [-0.39, 0.29) is 0 Å². The fourth-order valence-electron chi connectivity index (χ4n) is 0.732. The van der Waals surface area contributed by atoms with Crippen LogP contribution < -0.4 is 0 Å². The number of rotatable bonds is 1. The molecule has 0 aliphatic rings. The third kappa shape index (κ3) is 8.85. The Kier molecular flexibility index (Phi) is 12.8. The summed E-state index contributed by atoms with van der Waals surface area (Å²) in [7, 11) is 0. The van der Waals surface area contributed by atoms with E-state index in [9.17, 15) is 0 Å². The monoisotopic (exact) mass is 194 g/mol. The van der Waals surface area contributed by atoms with E-state index in [0.717, 1.165) is 6.42 Å². The van der Waals surface area contributed by atoms with Gasteiger partial charge in [-0.25, -0.2) is 0 Å². The third-order valence-electron chi connectivity index (χ3n) is 1.34. The lowest BCUT2D eigenvalue weighted by atomic mass is 10.2. The maximum Gasteiger partial charge on any atom is 0.115 e. The van der Waals surface area contributed by atoms with Crippen LogP contribution in [0.2, 0.25) is 0 Å². The topological polar surface area (TPSA) is 20.2 Å². The molecule has 0 radical (unpaired) electrons. The zero-order valence-corrected chi connectivity index (χ0v) is 9.75. The van der Waals surface area contributed by atoms with Crippen LogP contribution in [-0.2, 0) is 6.42 Å². The minimum Gasteiger partial charge on any atom is -0.508 e. The van der Waals surface area contributed by atoms with Crippen LogP contribution >= 0.6 is 0 Å². The molecular formula is C13H22O. The highest BCUT2D eigenvalue weighted by molar-refractivity contribution is 5.25. The Hall–Kier alpha value is -1.24. The van der Waals surface area contributed by atoms with Gasteiger partial charge in [-0.1, -0.05) is 39.0 Å². The van der Waals surface area contributed by atoms with Crippen LogP contribution in [0.4, 0.5) is 0 Å². The number of allylic oxidation sites excluding steroid dienone is 1. The van der Waals surface area contributed by atoms with Crippen LogP contribution in [0, 0.1) is 0 Å². The SMILES string of the molecule is C=CC.CC.CCc1ccc(O)cc1. The molecule has 14 heavy (non-hydrogen) atoms. The predicted molar refractivity (Wildman–Crippen MR) is 64.7 cm³/mol. The molecule has 0 bridgehead atoms. The second kappa shape index (κ2) is 11.8. The Labute approximate surface area is 88.1 Å². The van der Waals surface area contributed by atoms with Crippen molar-refractivity contribution in [1.29, 1.82) is 0 Å². The first-order chi connectivity index (χ1) is 6.74. The molecule has 0 atom stereocenters. The van der Waals surface area contributed by atoms with Crippen molar-refractivity contribution < 1.29 is 5.11 Å². The molecule has 0 saturated heterocycles. The molecule has 80 valence electrons. The van der Waals surface area contributed by atoms with Crippen LogP contribution in [-0.4, -0.2) is 5.11 Å². The van der Waals surface area contributed by atoms with Gasteiger partial charge in [0.15, 0.2) is 0 Å². The predicted octanol–water partition coefficient (Wildman–Crippen LogP) is 4.17. The Morgan fingerprint density at radius 2 is 1.57 bits per heavy atom. The van der Waals surface area contributed by atoms with Gasteiger partial charge in [-0.3, -0.25) is 0 Å². The molecule has 1 nitrogen and oxygen atoms in total. The standard InChI is InChI=1S/C8H10O.C3H6.C2H6/c1-2-7-3-5-8(9)6-4-7;1-3-2;1-2/h3-6,9H,2H2,1H3;3H,1H2,2H3;1-2H3. The number of hydrogen-bond acceptors (Lipinski definition) is 1. The zero-order chi connectivity index (χ0) is 11.4. The van der Waals surface area contributed by atoms with Gasteiger partial charge in [0.2, 0.25) is 0 Å². The molecule has 0 spiro atoms. The van der Waals surface area contributed by atoms with E-state index in [2.05, 4.69) is 13.5 Å². The molecule has 0 aliphatic carbocycles. The summed E-state index contributed by atoms with van der Waals surface area (Å²) >= 11 is 0. The lowest BCUT2D eigenvalue weighted by Gasteiger charge is -1.93. The van der Waals surface area contributed by atoms with Crippen LogP contribution in [0.1, 0.15) is 33.3 Å². The summed E-state index contributed by atoms with van der Waals surface area (Å²) in [6.07, 6.45) is 2.78. The summed E-state index contributed by atoms with van der Waals surface area (Å²) in [4.78, 5) is 0. The molecule has 1 heteroatoms. The molecule has 0 fully saturated rings. The van der Waals surface area contributed by atoms with Crippen molar-refractivity contribution in [2.75, 3.05) is 0 Å². The Balaban J connectivity index is 0. The smallest absolute Gasteiger partial charge is 0.115 e. The van der Waals surface area contributed by atoms with Crippen LogP contribution in [0.3, 0.4) is 0 Å². The highest BCUT2D eigenvalue weighted by atomic mass is 16.3. The number of phenols is 1. The van der Waals surface area contributed by atoms with Crippen LogP contribution in [0.15, 0.2) is 36.9 Å². The normalized spacial score (nSPS) is 7.43. The van der Waals surface area contributed by atoms with E-state index in [1.807, 2.05) is 32.9 Å². The molecule has 0 unspecified atom stereocenters. The van der Waals surface area contributed by atoms with Crippen LogP contribution in [0.5, 0.6) is 5.75 Å². The maximum atomic E-state index is 8.85. The highest BCUT2D eigenvalue weighted by Crippen LogP contribution is 2.09. The van der Waals surface area contributed by atoms with E-state index in [1.165, 1.54) is 5.56 Å². The second-order valence-electron chi connectivity index (χ2n) is 2.43. The van der Waals surface area contributed by atoms with Crippen molar-refractivity contribution in [2.45, 2.75) is 34.1 Å². The largest absolute Gasteiger partial charge is 0.508 e. The summed E-state index contributed by atoms with van der Waals surface area (Å²) in [6, 6.07) is 7.27. The summed E-state index contributed by atoms with van der Waals surface area (Å²) < 4.78 is 0. The molecule has 0 amide bonds. The summed E-state index contributed by atoms with van der Waals surface area (Å²) in [5.41, 5.74) is 1.26. The van der Waals surface area contributed by atoms with Gasteiger partial charge >= 0.3 is 0 Å². The minimum atomic E-state index is 0.340. The van der Waals surface area contributed by atoms with Gasteiger partial charge in [0.25, 0.3) is 0 Å². The highest BCUT2D eigenvalue weighted by Gasteiger charge is 1.86. The molecule has 0 saturated carbocycles. The lowest BCUT2D eigenvalue weighted by molar-refractivity contribution is 0.475. The molecule has 1 aromatic rings. The Bertz CT molecular complexity index is 211. The maximum absolute atomic E-state index is 8.85. The third-order valence-corrected chi connectivity index (χ3v) is 1.34. The number of benzene rings is 1. The fraction of sp³-hybridized carbons (Fsp3) is 0.385. The van der Waals surface area contributed by atoms with Gasteiger partial charge in [-0.05, 0) is 31.0 Å². The molecule has 0 heterocycles. The van der Waals surface area contributed by atoms with Gasteiger partial charge < -0.3 is 5.11 Å². The first-order valence-corrected chi connectivity index (χ1v) is 5.09. The van der Waals surface area contributed by atoms with E-state index in [4.69, 9.17) is 5.11 Å². The Morgan fingerprint density at radius 3 is 1.86 bits per heavy atom. The molecular weight excluding hydrogens is 172 g/mol. The first kappa shape index (κ1) is 15.2. The molecule has 1 rings (SSSR count). The fourth-order valence-corrected chi connectivity index (χ4v) is 0.732. The van der Waals surface area contributed by atoms with Gasteiger partial charge in [0, 0.05) is 0 Å². The van der Waals surface area contributed by atoms with Gasteiger partial charge in [0.1, 0.15) is 5.75 Å². The molecule has 1 aromatic carbocycles. The second-order valence-corrected chi connectivity index (χ2v) is 2.43. The number of aryl methyl sites for hydroxylation is 1. The van der Waals surface area contributed by atoms with Crippen molar-refractivity contribution in [2.24, 2.45) is 0 Å².